The summed E-state index contributed by atoms with van der Waals surface area (Å²) < 4.78 is 31.3. The van der Waals surface area contributed by atoms with Gasteiger partial charge in [-0.25, -0.2) is 8.78 Å². The van der Waals surface area contributed by atoms with Gasteiger partial charge >= 0.3 is 0 Å². The normalized spacial score (nSPS) is 17.1. The lowest BCUT2D eigenvalue weighted by Crippen LogP contribution is -2.28. The third kappa shape index (κ3) is 2.99. The molecule has 0 unspecified atom stereocenters. The molecule has 1 fully saturated rings. The summed E-state index contributed by atoms with van der Waals surface area (Å²) in [6, 6.07) is 5.20. The first-order valence-electron chi connectivity index (χ1n) is 6.37. The lowest BCUT2D eigenvalue weighted by molar-refractivity contribution is 0.145. The number of nitrogens with one attached hydrogen (secondary N) is 1. The molecule has 1 aromatic carbocycles. The Labute approximate surface area is 106 Å². The van der Waals surface area contributed by atoms with Crippen LogP contribution in [-0.2, 0) is 6.42 Å². The van der Waals surface area contributed by atoms with Gasteiger partial charge in [0.2, 0.25) is 0 Å². The monoisotopic (exact) mass is 255 g/mol. The van der Waals surface area contributed by atoms with E-state index in [0.29, 0.717) is 11.7 Å². The molecule has 0 amide bonds. The molecule has 1 saturated heterocycles. The van der Waals surface area contributed by atoms with Crippen molar-refractivity contribution in [2.75, 3.05) is 20.2 Å². The highest BCUT2D eigenvalue weighted by Gasteiger charge is 2.21. The molecule has 2 nitrogen and oxygen atoms in total. The molecule has 1 aliphatic heterocycles. The lowest BCUT2D eigenvalue weighted by Gasteiger charge is -2.24. The minimum Gasteiger partial charge on any atom is -0.496 e. The first-order chi connectivity index (χ1) is 8.72. The smallest absolute Gasteiger partial charge is 0.267 e. The summed E-state index contributed by atoms with van der Waals surface area (Å²) in [4.78, 5) is 0. The van der Waals surface area contributed by atoms with E-state index in [4.69, 9.17) is 4.74 Å². The van der Waals surface area contributed by atoms with E-state index >= 15 is 0 Å². The molecule has 2 rings (SSSR count). The van der Waals surface area contributed by atoms with Gasteiger partial charge in [-0.1, -0.05) is 12.1 Å². The van der Waals surface area contributed by atoms with Crippen molar-refractivity contribution in [3.05, 3.63) is 29.3 Å². The van der Waals surface area contributed by atoms with Crippen molar-refractivity contribution in [2.45, 2.75) is 25.7 Å². The van der Waals surface area contributed by atoms with E-state index in [0.717, 1.165) is 37.9 Å². The molecule has 0 aliphatic carbocycles. The molecular formula is C14H19F2NO. The van der Waals surface area contributed by atoms with E-state index in [-0.39, 0.29) is 5.56 Å². The molecule has 0 spiro atoms. The fourth-order valence-electron chi connectivity index (χ4n) is 2.59. The van der Waals surface area contributed by atoms with Crippen LogP contribution in [0.2, 0.25) is 0 Å². The standard InChI is InChI=1S/C14H19F2NO/c1-18-12-4-2-3-11(13(12)14(15)16)9-10-5-7-17-8-6-10/h2-4,10,14,17H,5-9H2,1H3. The molecule has 1 aliphatic rings. The molecule has 1 N–H and O–H groups in total. The molecule has 4 heteroatoms. The average molecular weight is 255 g/mol. The van der Waals surface area contributed by atoms with Crippen molar-refractivity contribution in [3.8, 4) is 5.75 Å². The maximum atomic E-state index is 13.1. The number of hydrogen-bond donors (Lipinski definition) is 1. The maximum Gasteiger partial charge on any atom is 0.267 e. The van der Waals surface area contributed by atoms with Gasteiger partial charge in [-0.2, -0.15) is 0 Å². The van der Waals surface area contributed by atoms with Gasteiger partial charge < -0.3 is 10.1 Å². The van der Waals surface area contributed by atoms with Gasteiger partial charge in [0.25, 0.3) is 6.43 Å². The van der Waals surface area contributed by atoms with Crippen molar-refractivity contribution in [1.82, 2.24) is 5.32 Å². The van der Waals surface area contributed by atoms with Crippen molar-refractivity contribution >= 4 is 0 Å². The summed E-state index contributed by atoms with van der Waals surface area (Å²) in [6.07, 6.45) is 0.357. The second-order valence-corrected chi connectivity index (χ2v) is 4.73. The van der Waals surface area contributed by atoms with E-state index in [1.165, 1.54) is 7.11 Å². The van der Waals surface area contributed by atoms with Crippen molar-refractivity contribution < 1.29 is 13.5 Å². The third-order valence-corrected chi connectivity index (χ3v) is 3.56. The highest BCUT2D eigenvalue weighted by molar-refractivity contribution is 5.41. The van der Waals surface area contributed by atoms with Crippen LogP contribution < -0.4 is 10.1 Å². The maximum absolute atomic E-state index is 13.1. The predicted molar refractivity (Wildman–Crippen MR) is 67.2 cm³/mol. The summed E-state index contributed by atoms with van der Waals surface area (Å²) in [5, 5.41) is 3.29. The molecule has 0 saturated carbocycles. The van der Waals surface area contributed by atoms with E-state index in [1.54, 1.807) is 18.2 Å². The Morgan fingerprint density at radius 3 is 2.67 bits per heavy atom. The highest BCUT2D eigenvalue weighted by Crippen LogP contribution is 2.34. The zero-order valence-electron chi connectivity index (χ0n) is 10.6. The van der Waals surface area contributed by atoms with Crippen LogP contribution in [0.15, 0.2) is 18.2 Å². The Balaban J connectivity index is 2.20. The zero-order chi connectivity index (χ0) is 13.0. The number of piperidine rings is 1. The fourth-order valence-corrected chi connectivity index (χ4v) is 2.59. The lowest BCUT2D eigenvalue weighted by atomic mass is 9.89. The van der Waals surface area contributed by atoms with Crippen LogP contribution in [0.4, 0.5) is 8.78 Å². The number of rotatable bonds is 4. The van der Waals surface area contributed by atoms with Gasteiger partial charge in [-0.05, 0) is 49.9 Å². The van der Waals surface area contributed by atoms with E-state index in [1.807, 2.05) is 0 Å². The van der Waals surface area contributed by atoms with Crippen LogP contribution in [0.25, 0.3) is 0 Å². The molecule has 1 heterocycles. The van der Waals surface area contributed by atoms with Crippen LogP contribution in [-0.4, -0.2) is 20.2 Å². The van der Waals surface area contributed by atoms with Crippen molar-refractivity contribution in [2.24, 2.45) is 5.92 Å². The van der Waals surface area contributed by atoms with Crippen molar-refractivity contribution in [3.63, 3.8) is 0 Å². The Hall–Kier alpha value is -1.16. The van der Waals surface area contributed by atoms with E-state index in [2.05, 4.69) is 5.32 Å². The molecule has 1 aromatic rings. The molecule has 0 bridgehead atoms. The van der Waals surface area contributed by atoms with Crippen LogP contribution in [0, 0.1) is 5.92 Å². The molecule has 0 radical (unpaired) electrons. The van der Waals surface area contributed by atoms with E-state index in [9.17, 15) is 8.78 Å². The Morgan fingerprint density at radius 2 is 2.06 bits per heavy atom. The summed E-state index contributed by atoms with van der Waals surface area (Å²) in [5.41, 5.74) is 0.801. The Morgan fingerprint density at radius 1 is 1.33 bits per heavy atom. The molecule has 0 atom stereocenters. The summed E-state index contributed by atoms with van der Waals surface area (Å²) >= 11 is 0. The van der Waals surface area contributed by atoms with Gasteiger partial charge in [0, 0.05) is 0 Å². The fraction of sp³-hybridized carbons (Fsp3) is 0.571. The summed E-state index contributed by atoms with van der Waals surface area (Å²) in [5.74, 6) is 0.798. The first kappa shape index (κ1) is 13.3. The first-order valence-corrected chi connectivity index (χ1v) is 6.37. The quantitative estimate of drug-likeness (QED) is 0.892. The highest BCUT2D eigenvalue weighted by atomic mass is 19.3. The van der Waals surface area contributed by atoms with Gasteiger partial charge in [-0.3, -0.25) is 0 Å². The zero-order valence-corrected chi connectivity index (χ0v) is 10.6. The van der Waals surface area contributed by atoms with Crippen molar-refractivity contribution in [1.29, 1.82) is 0 Å². The number of halogens is 2. The minimum absolute atomic E-state index is 0.0681. The molecule has 18 heavy (non-hydrogen) atoms. The summed E-state index contributed by atoms with van der Waals surface area (Å²) in [6.45, 7) is 1.97. The van der Waals surface area contributed by atoms with Crippen LogP contribution in [0.1, 0.15) is 30.4 Å². The Kier molecular flexibility index (Phi) is 4.53. The minimum atomic E-state index is -2.47. The number of ether oxygens (including phenoxy) is 1. The topological polar surface area (TPSA) is 21.3 Å². The van der Waals surface area contributed by atoms with Gasteiger partial charge in [0.15, 0.2) is 0 Å². The SMILES string of the molecule is COc1cccc(CC2CCNCC2)c1C(F)F. The van der Waals surface area contributed by atoms with Crippen LogP contribution in [0.5, 0.6) is 5.75 Å². The number of alkyl halides is 2. The van der Waals surface area contributed by atoms with Gasteiger partial charge in [0.1, 0.15) is 5.75 Å². The largest absolute Gasteiger partial charge is 0.496 e. The number of benzene rings is 1. The Bertz CT molecular complexity index is 389. The molecule has 100 valence electrons. The average Bonchev–Trinajstić information content (AvgIpc) is 2.39. The second-order valence-electron chi connectivity index (χ2n) is 4.73. The third-order valence-electron chi connectivity index (χ3n) is 3.56. The predicted octanol–water partition coefficient (Wildman–Crippen LogP) is 3.17. The van der Waals surface area contributed by atoms with Crippen LogP contribution >= 0.6 is 0 Å². The molecule has 0 aromatic heterocycles. The summed E-state index contributed by atoms with van der Waals surface area (Å²) in [7, 11) is 1.44. The molecular weight excluding hydrogens is 236 g/mol. The van der Waals surface area contributed by atoms with E-state index < -0.39 is 6.43 Å². The van der Waals surface area contributed by atoms with Gasteiger partial charge in [0.05, 0.1) is 12.7 Å². The number of methoxy groups -OCH3 is 1. The van der Waals surface area contributed by atoms with Crippen LogP contribution in [0.3, 0.4) is 0 Å². The second kappa shape index (κ2) is 6.14. The van der Waals surface area contributed by atoms with Gasteiger partial charge in [-0.15, -0.1) is 0 Å². The number of hydrogen-bond acceptors (Lipinski definition) is 2.